The van der Waals surface area contributed by atoms with Crippen molar-refractivity contribution in [3.05, 3.63) is 22.4 Å². The fraction of sp³-hybridized carbons (Fsp3) is 0.636. The molecule has 0 saturated carbocycles. The molecule has 0 nitrogen and oxygen atoms in total. The largest absolute Gasteiger partial charge is 0.206 e. The summed E-state index contributed by atoms with van der Waals surface area (Å²) in [5.41, 5.74) is 0.610. The zero-order valence-electron chi connectivity index (χ0n) is 9.40. The van der Waals surface area contributed by atoms with Gasteiger partial charge in [-0.1, -0.05) is 50.2 Å². The summed E-state index contributed by atoms with van der Waals surface area (Å²) in [6, 6.07) is 0. The Bertz CT molecular complexity index is 229. The van der Waals surface area contributed by atoms with Crippen LogP contribution in [0.1, 0.15) is 33.6 Å². The number of allylic oxidation sites excluding steroid dienone is 4. The van der Waals surface area contributed by atoms with Crippen LogP contribution in [0.4, 0.5) is 4.39 Å². The van der Waals surface area contributed by atoms with Crippen molar-refractivity contribution in [2.75, 3.05) is 0 Å². The molecule has 1 unspecified atom stereocenters. The van der Waals surface area contributed by atoms with Crippen molar-refractivity contribution in [1.29, 1.82) is 0 Å². The Kier molecular flexibility index (Phi) is 6.99. The molecule has 0 aromatic carbocycles. The zero-order valence-corrected chi connectivity index (χ0v) is 10.2. The van der Waals surface area contributed by atoms with Gasteiger partial charge in [-0.3, -0.25) is 0 Å². The van der Waals surface area contributed by atoms with E-state index in [1.807, 2.05) is 12.9 Å². The van der Waals surface area contributed by atoms with E-state index < -0.39 is 0 Å². The van der Waals surface area contributed by atoms with Crippen molar-refractivity contribution in [3.63, 3.8) is 0 Å². The molecule has 0 aromatic rings. The highest BCUT2D eigenvalue weighted by molar-refractivity contribution is 6.46. The highest BCUT2D eigenvalue weighted by atomic mass is 35.5. The quantitative estimate of drug-likeness (QED) is 0.468. The second-order valence-corrected chi connectivity index (χ2v) is 4.09. The topological polar surface area (TPSA) is 0 Å². The van der Waals surface area contributed by atoms with Gasteiger partial charge in [0, 0.05) is 0 Å². The number of hydrogen-bond acceptors (Lipinski definition) is 0. The van der Waals surface area contributed by atoms with Crippen molar-refractivity contribution in [2.45, 2.75) is 40.4 Å². The standard InChI is InChI=1S/C11H18BClF/c1-5-6-8(2)7-10(12-4)11(14)9(3)13/h7-8H,5-6H2,1-4H3/b10-7+,11-9-. The molecule has 0 amide bonds. The van der Waals surface area contributed by atoms with Crippen LogP contribution < -0.4 is 0 Å². The highest BCUT2D eigenvalue weighted by Gasteiger charge is 2.07. The normalized spacial score (nSPS) is 16.3. The van der Waals surface area contributed by atoms with E-state index in [-0.39, 0.29) is 10.9 Å². The van der Waals surface area contributed by atoms with Crippen LogP contribution in [-0.2, 0) is 0 Å². The Morgan fingerprint density at radius 3 is 2.50 bits per heavy atom. The third-order valence-corrected chi connectivity index (χ3v) is 2.24. The molecule has 79 valence electrons. The molecule has 0 aliphatic heterocycles. The van der Waals surface area contributed by atoms with Gasteiger partial charge in [0.25, 0.3) is 0 Å². The van der Waals surface area contributed by atoms with Crippen molar-refractivity contribution >= 4 is 18.9 Å². The van der Waals surface area contributed by atoms with Crippen LogP contribution in [-0.4, -0.2) is 7.28 Å². The summed E-state index contributed by atoms with van der Waals surface area (Å²) >= 11 is 5.61. The maximum absolute atomic E-state index is 13.4. The molecule has 0 fully saturated rings. The first-order chi connectivity index (χ1) is 6.52. The smallest absolute Gasteiger partial charge is 0.151 e. The van der Waals surface area contributed by atoms with Crippen LogP contribution in [0.2, 0.25) is 6.82 Å². The molecule has 1 radical (unpaired) electrons. The molecule has 0 saturated heterocycles. The molecule has 0 rings (SSSR count). The summed E-state index contributed by atoms with van der Waals surface area (Å²) in [6.45, 7) is 7.60. The van der Waals surface area contributed by atoms with Crippen molar-refractivity contribution < 1.29 is 4.39 Å². The van der Waals surface area contributed by atoms with E-state index in [0.29, 0.717) is 11.4 Å². The maximum Gasteiger partial charge on any atom is 0.151 e. The molecule has 0 heterocycles. The Hall–Kier alpha value is -0.235. The van der Waals surface area contributed by atoms with Crippen LogP contribution >= 0.6 is 11.6 Å². The van der Waals surface area contributed by atoms with E-state index >= 15 is 0 Å². The third kappa shape index (κ3) is 4.85. The molecular formula is C11H18BClF. The molecule has 0 aliphatic carbocycles. The van der Waals surface area contributed by atoms with Gasteiger partial charge in [0.2, 0.25) is 0 Å². The lowest BCUT2D eigenvalue weighted by Gasteiger charge is -2.08. The van der Waals surface area contributed by atoms with E-state index in [2.05, 4.69) is 13.8 Å². The van der Waals surface area contributed by atoms with Crippen LogP contribution in [0.15, 0.2) is 22.4 Å². The predicted molar refractivity (Wildman–Crippen MR) is 63.4 cm³/mol. The van der Waals surface area contributed by atoms with Gasteiger partial charge in [-0.25, -0.2) is 4.39 Å². The molecule has 3 heteroatoms. The summed E-state index contributed by atoms with van der Waals surface area (Å²) in [4.78, 5) is 0. The van der Waals surface area contributed by atoms with E-state index in [9.17, 15) is 4.39 Å². The van der Waals surface area contributed by atoms with E-state index in [1.54, 1.807) is 14.2 Å². The zero-order chi connectivity index (χ0) is 11.1. The summed E-state index contributed by atoms with van der Waals surface area (Å²) < 4.78 is 13.4. The Balaban J connectivity index is 4.63. The monoisotopic (exact) mass is 215 g/mol. The van der Waals surface area contributed by atoms with Gasteiger partial charge in [0.15, 0.2) is 7.28 Å². The van der Waals surface area contributed by atoms with Crippen LogP contribution in [0.5, 0.6) is 0 Å². The van der Waals surface area contributed by atoms with E-state index in [0.717, 1.165) is 12.8 Å². The fourth-order valence-corrected chi connectivity index (χ4v) is 1.45. The van der Waals surface area contributed by atoms with Gasteiger partial charge in [-0.2, -0.15) is 0 Å². The average Bonchev–Trinajstić information content (AvgIpc) is 2.13. The van der Waals surface area contributed by atoms with Gasteiger partial charge in [-0.15, -0.1) is 0 Å². The Labute approximate surface area is 92.5 Å². The molecule has 0 aliphatic rings. The van der Waals surface area contributed by atoms with Crippen LogP contribution in [0, 0.1) is 5.92 Å². The summed E-state index contributed by atoms with van der Waals surface area (Å²) in [6.07, 6.45) is 4.12. The first-order valence-electron chi connectivity index (χ1n) is 5.06. The lowest BCUT2D eigenvalue weighted by atomic mass is 9.70. The molecule has 0 N–H and O–H groups in total. The van der Waals surface area contributed by atoms with E-state index in [4.69, 9.17) is 11.6 Å². The number of rotatable bonds is 5. The second kappa shape index (κ2) is 7.11. The molecule has 1 atom stereocenters. The molecule has 0 spiro atoms. The molecule has 14 heavy (non-hydrogen) atoms. The first-order valence-corrected chi connectivity index (χ1v) is 5.44. The third-order valence-electron chi connectivity index (χ3n) is 2.07. The lowest BCUT2D eigenvalue weighted by molar-refractivity contribution is 0.619. The SMILES string of the molecule is C[B]C(=C/C(C)CCC)/C(F)=C(\C)Cl. The molecule has 0 aromatic heterocycles. The molecule has 0 bridgehead atoms. The van der Waals surface area contributed by atoms with Gasteiger partial charge in [0.1, 0.15) is 5.83 Å². The lowest BCUT2D eigenvalue weighted by Crippen LogP contribution is -1.98. The minimum atomic E-state index is -0.308. The molecular weight excluding hydrogens is 197 g/mol. The van der Waals surface area contributed by atoms with Gasteiger partial charge < -0.3 is 0 Å². The average molecular weight is 216 g/mol. The fourth-order valence-electron chi connectivity index (χ4n) is 1.34. The maximum atomic E-state index is 13.4. The van der Waals surface area contributed by atoms with Crippen LogP contribution in [0.25, 0.3) is 0 Å². The predicted octanol–water partition coefficient (Wildman–Crippen LogP) is 4.50. The van der Waals surface area contributed by atoms with Crippen LogP contribution in [0.3, 0.4) is 0 Å². The second-order valence-electron chi connectivity index (χ2n) is 3.52. The van der Waals surface area contributed by atoms with Crippen molar-refractivity contribution in [1.82, 2.24) is 0 Å². The summed E-state index contributed by atoms with van der Waals surface area (Å²) in [5.74, 6) is 0.0880. The number of hydrogen-bond donors (Lipinski definition) is 0. The number of halogens is 2. The Morgan fingerprint density at radius 2 is 2.14 bits per heavy atom. The van der Waals surface area contributed by atoms with Gasteiger partial charge in [0.05, 0.1) is 5.03 Å². The minimum absolute atomic E-state index is 0.220. The van der Waals surface area contributed by atoms with E-state index in [1.165, 1.54) is 0 Å². The first kappa shape index (κ1) is 13.8. The summed E-state index contributed by atoms with van der Waals surface area (Å²) in [7, 11) is 1.76. The Morgan fingerprint density at radius 1 is 1.57 bits per heavy atom. The van der Waals surface area contributed by atoms with Gasteiger partial charge in [-0.05, 0) is 19.3 Å². The van der Waals surface area contributed by atoms with Crippen molar-refractivity contribution in [3.8, 4) is 0 Å². The summed E-state index contributed by atoms with van der Waals surface area (Å²) in [5, 5.41) is 0.220. The van der Waals surface area contributed by atoms with Gasteiger partial charge >= 0.3 is 0 Å². The van der Waals surface area contributed by atoms with Crippen molar-refractivity contribution in [2.24, 2.45) is 5.92 Å². The minimum Gasteiger partial charge on any atom is -0.206 e. The highest BCUT2D eigenvalue weighted by Crippen LogP contribution is 2.21.